The van der Waals surface area contributed by atoms with Gasteiger partial charge in [0.05, 0.1) is 10.3 Å². The summed E-state index contributed by atoms with van der Waals surface area (Å²) in [5.74, 6) is 0.0414. The van der Waals surface area contributed by atoms with Crippen molar-refractivity contribution in [3.63, 3.8) is 0 Å². The van der Waals surface area contributed by atoms with Crippen LogP contribution in [-0.2, 0) is 4.79 Å². The van der Waals surface area contributed by atoms with Gasteiger partial charge >= 0.3 is 0 Å². The molecule has 118 valence electrons. The fourth-order valence-electron chi connectivity index (χ4n) is 2.11. The molecule has 0 aliphatic carbocycles. The smallest absolute Gasteiger partial charge is 0.233 e. The second kappa shape index (κ2) is 9.11. The van der Waals surface area contributed by atoms with Crippen LogP contribution in [0.15, 0.2) is 23.1 Å². The van der Waals surface area contributed by atoms with Crippen LogP contribution < -0.4 is 10.6 Å². The Morgan fingerprint density at radius 2 is 2.24 bits per heavy atom. The summed E-state index contributed by atoms with van der Waals surface area (Å²) in [5.41, 5.74) is 0. The molecule has 0 aromatic heterocycles. The highest BCUT2D eigenvalue weighted by molar-refractivity contribution is 8.00. The Hall–Kier alpha value is -0.130. The van der Waals surface area contributed by atoms with Crippen LogP contribution in [0.2, 0.25) is 10.0 Å². The van der Waals surface area contributed by atoms with Gasteiger partial charge < -0.3 is 10.6 Å². The minimum atomic E-state index is -0.201. The molecule has 2 N–H and O–H groups in total. The zero-order valence-corrected chi connectivity index (χ0v) is 14.8. The monoisotopic (exact) mass is 368 g/mol. The highest BCUT2D eigenvalue weighted by Crippen LogP contribution is 2.32. The molecule has 1 saturated heterocycles. The van der Waals surface area contributed by atoms with E-state index in [1.807, 2.05) is 6.92 Å². The Kier molecular flexibility index (Phi) is 8.21. The lowest BCUT2D eigenvalue weighted by Crippen LogP contribution is -2.47. The standard InChI is InChI=1S/C14H18Cl2N2OS.ClH/c1-9(14(19)18-11-3-2-6-17-8-11)20-13-7-10(15)4-5-12(13)16;/h4-5,7,9,11,17H,2-3,6,8H2,1H3,(H,18,19);1H/t9?,11-;/m0./s1. The molecule has 0 bridgehead atoms. The average molecular weight is 370 g/mol. The summed E-state index contributed by atoms with van der Waals surface area (Å²) in [6, 6.07) is 5.52. The third-order valence-corrected chi connectivity index (χ3v) is 5.05. The van der Waals surface area contributed by atoms with Crippen molar-refractivity contribution >= 4 is 53.3 Å². The quantitative estimate of drug-likeness (QED) is 0.794. The van der Waals surface area contributed by atoms with E-state index in [-0.39, 0.29) is 29.6 Å². The van der Waals surface area contributed by atoms with Crippen LogP contribution in [0.3, 0.4) is 0 Å². The Morgan fingerprint density at radius 1 is 1.48 bits per heavy atom. The molecule has 1 aliphatic heterocycles. The largest absolute Gasteiger partial charge is 0.351 e. The molecule has 3 nitrogen and oxygen atoms in total. The molecule has 1 amide bonds. The summed E-state index contributed by atoms with van der Waals surface area (Å²) >= 11 is 13.5. The van der Waals surface area contributed by atoms with Crippen LogP contribution in [0, 0.1) is 0 Å². The first-order chi connectivity index (χ1) is 9.56. The van der Waals surface area contributed by atoms with Gasteiger partial charge in [-0.2, -0.15) is 0 Å². The van der Waals surface area contributed by atoms with E-state index in [2.05, 4.69) is 10.6 Å². The van der Waals surface area contributed by atoms with Gasteiger partial charge in [-0.05, 0) is 44.5 Å². The summed E-state index contributed by atoms with van der Waals surface area (Å²) in [6.07, 6.45) is 2.14. The molecule has 1 aromatic carbocycles. The van der Waals surface area contributed by atoms with E-state index in [4.69, 9.17) is 23.2 Å². The first kappa shape index (κ1) is 18.9. The fraction of sp³-hybridized carbons (Fsp3) is 0.500. The van der Waals surface area contributed by atoms with Crippen LogP contribution in [-0.4, -0.2) is 30.3 Å². The normalized spacial score (nSPS) is 19.5. The molecule has 1 aromatic rings. The van der Waals surface area contributed by atoms with Gasteiger partial charge in [-0.25, -0.2) is 0 Å². The van der Waals surface area contributed by atoms with Gasteiger partial charge in [-0.1, -0.05) is 23.2 Å². The third kappa shape index (κ3) is 5.87. The predicted molar refractivity (Wildman–Crippen MR) is 93.1 cm³/mol. The molecule has 1 aliphatic rings. The minimum absolute atomic E-state index is 0. The molecule has 2 atom stereocenters. The Labute approximate surface area is 145 Å². The second-order valence-corrected chi connectivity index (χ2v) is 7.11. The topological polar surface area (TPSA) is 41.1 Å². The van der Waals surface area contributed by atoms with Gasteiger partial charge in [0.2, 0.25) is 5.91 Å². The van der Waals surface area contributed by atoms with E-state index < -0.39 is 0 Å². The Morgan fingerprint density at radius 3 is 2.90 bits per heavy atom. The molecule has 1 heterocycles. The van der Waals surface area contributed by atoms with Gasteiger partial charge in [-0.3, -0.25) is 4.79 Å². The SMILES string of the molecule is CC(Sc1cc(Cl)ccc1Cl)C(=O)N[C@H]1CCCNC1.Cl. The van der Waals surface area contributed by atoms with Crippen molar-refractivity contribution in [3.8, 4) is 0 Å². The number of amides is 1. The summed E-state index contributed by atoms with van der Waals surface area (Å²) in [4.78, 5) is 13.0. The zero-order valence-electron chi connectivity index (χ0n) is 11.7. The van der Waals surface area contributed by atoms with Crippen LogP contribution in [0.5, 0.6) is 0 Å². The fourth-order valence-corrected chi connectivity index (χ4v) is 3.52. The van der Waals surface area contributed by atoms with E-state index in [1.165, 1.54) is 11.8 Å². The Bertz CT molecular complexity index is 481. The van der Waals surface area contributed by atoms with Crippen LogP contribution >= 0.6 is 47.4 Å². The van der Waals surface area contributed by atoms with Crippen LogP contribution in [0.4, 0.5) is 0 Å². The number of carbonyl (C=O) groups is 1. The molecule has 21 heavy (non-hydrogen) atoms. The van der Waals surface area contributed by atoms with Crippen LogP contribution in [0.1, 0.15) is 19.8 Å². The van der Waals surface area contributed by atoms with Gasteiger partial charge in [-0.15, -0.1) is 24.2 Å². The molecular formula is C14H19Cl3N2OS. The maximum Gasteiger partial charge on any atom is 0.233 e. The average Bonchev–Trinajstić information content (AvgIpc) is 2.44. The number of rotatable bonds is 4. The summed E-state index contributed by atoms with van der Waals surface area (Å²) in [5, 5.41) is 7.41. The first-order valence-electron chi connectivity index (χ1n) is 6.69. The number of nitrogens with one attached hydrogen (secondary N) is 2. The number of benzene rings is 1. The first-order valence-corrected chi connectivity index (χ1v) is 8.32. The van der Waals surface area contributed by atoms with Crippen molar-refractivity contribution < 1.29 is 4.79 Å². The number of hydrogen-bond donors (Lipinski definition) is 2. The third-order valence-electron chi connectivity index (χ3n) is 3.21. The van der Waals surface area contributed by atoms with Gasteiger partial charge in [0.1, 0.15) is 0 Å². The summed E-state index contributed by atoms with van der Waals surface area (Å²) < 4.78 is 0. The number of piperidine rings is 1. The van der Waals surface area contributed by atoms with Crippen molar-refractivity contribution in [2.45, 2.75) is 36.0 Å². The lowest BCUT2D eigenvalue weighted by atomic mass is 10.1. The van der Waals surface area contributed by atoms with E-state index >= 15 is 0 Å². The van der Waals surface area contributed by atoms with Crippen molar-refractivity contribution in [1.29, 1.82) is 0 Å². The number of thioether (sulfide) groups is 1. The molecule has 0 radical (unpaired) electrons. The lowest BCUT2D eigenvalue weighted by molar-refractivity contribution is -0.121. The van der Waals surface area contributed by atoms with Gasteiger partial charge in [0.15, 0.2) is 0 Å². The zero-order chi connectivity index (χ0) is 14.5. The highest BCUT2D eigenvalue weighted by Gasteiger charge is 2.20. The predicted octanol–water partition coefficient (Wildman–Crippen LogP) is 3.76. The minimum Gasteiger partial charge on any atom is -0.351 e. The molecule has 2 rings (SSSR count). The van der Waals surface area contributed by atoms with E-state index in [0.717, 1.165) is 30.8 Å². The molecule has 0 spiro atoms. The molecule has 1 fully saturated rings. The van der Waals surface area contributed by atoms with Crippen LogP contribution in [0.25, 0.3) is 0 Å². The van der Waals surface area contributed by atoms with Crippen molar-refractivity contribution in [1.82, 2.24) is 10.6 Å². The maximum atomic E-state index is 12.2. The van der Waals surface area contributed by atoms with Gasteiger partial charge in [0, 0.05) is 22.5 Å². The van der Waals surface area contributed by atoms with Crippen molar-refractivity contribution in [2.75, 3.05) is 13.1 Å². The molecule has 1 unspecified atom stereocenters. The highest BCUT2D eigenvalue weighted by atomic mass is 35.5. The van der Waals surface area contributed by atoms with Crippen molar-refractivity contribution in [3.05, 3.63) is 28.2 Å². The summed E-state index contributed by atoms with van der Waals surface area (Å²) in [6.45, 7) is 3.77. The maximum absolute atomic E-state index is 12.2. The number of hydrogen-bond acceptors (Lipinski definition) is 3. The van der Waals surface area contributed by atoms with Gasteiger partial charge in [0.25, 0.3) is 0 Å². The summed E-state index contributed by atoms with van der Waals surface area (Å²) in [7, 11) is 0. The lowest BCUT2D eigenvalue weighted by Gasteiger charge is -2.25. The van der Waals surface area contributed by atoms with E-state index in [1.54, 1.807) is 18.2 Å². The molecule has 0 saturated carbocycles. The van der Waals surface area contributed by atoms with Crippen molar-refractivity contribution in [2.24, 2.45) is 0 Å². The number of halogens is 3. The molecular weight excluding hydrogens is 351 g/mol. The second-order valence-electron chi connectivity index (χ2n) is 4.89. The van der Waals surface area contributed by atoms with E-state index in [9.17, 15) is 4.79 Å². The Balaban J connectivity index is 0.00000220. The number of carbonyl (C=O) groups excluding carboxylic acids is 1. The van der Waals surface area contributed by atoms with E-state index in [0.29, 0.717) is 10.0 Å². The molecule has 7 heteroatoms.